The lowest BCUT2D eigenvalue weighted by Gasteiger charge is -2.08. The smallest absolute Gasteiger partial charge is 0.244 e. The van der Waals surface area contributed by atoms with E-state index < -0.39 is 0 Å². The summed E-state index contributed by atoms with van der Waals surface area (Å²) in [6.07, 6.45) is 1.71. The van der Waals surface area contributed by atoms with Gasteiger partial charge in [0.05, 0.1) is 0 Å². The van der Waals surface area contributed by atoms with Crippen molar-refractivity contribution < 1.29 is 14.4 Å². The fourth-order valence-corrected chi connectivity index (χ4v) is 2.83. The lowest BCUT2D eigenvalue weighted by Crippen LogP contribution is -2.18. The van der Waals surface area contributed by atoms with Crippen molar-refractivity contribution in [3.8, 4) is 0 Å². The van der Waals surface area contributed by atoms with Crippen molar-refractivity contribution >= 4 is 34.1 Å². The number of amides is 1. The van der Waals surface area contributed by atoms with Crippen molar-refractivity contribution in [3.05, 3.63) is 65.9 Å². The molecule has 0 spiro atoms. The number of nitrogens with one attached hydrogen (secondary N) is 1. The Balaban J connectivity index is 1.84. The molecule has 0 aliphatic rings. The SMILES string of the molecule is CC(=O)c1cccc(NC(=O)Cn2cc(C(C)=O)c3ccccc32)c1. The number of aromatic nitrogens is 1. The molecule has 0 bridgehead atoms. The molecule has 0 saturated carbocycles. The van der Waals surface area contributed by atoms with Gasteiger partial charge in [0, 0.05) is 33.9 Å². The summed E-state index contributed by atoms with van der Waals surface area (Å²) in [4.78, 5) is 35.6. The number of hydrogen-bond acceptors (Lipinski definition) is 3. The molecule has 0 aliphatic carbocycles. The summed E-state index contributed by atoms with van der Waals surface area (Å²) in [5, 5.41) is 3.63. The van der Waals surface area contributed by atoms with Gasteiger partial charge in [0.15, 0.2) is 11.6 Å². The third kappa shape index (κ3) is 3.50. The van der Waals surface area contributed by atoms with Gasteiger partial charge in [0.25, 0.3) is 0 Å². The van der Waals surface area contributed by atoms with Crippen LogP contribution in [-0.4, -0.2) is 22.0 Å². The fraction of sp³-hybridized carbons (Fsp3) is 0.150. The summed E-state index contributed by atoms with van der Waals surface area (Å²) in [6, 6.07) is 14.3. The number of carbonyl (C=O) groups is 3. The molecule has 0 aliphatic heterocycles. The van der Waals surface area contributed by atoms with Crippen molar-refractivity contribution in [2.75, 3.05) is 5.32 Å². The Morgan fingerprint density at radius 1 is 0.960 bits per heavy atom. The number of anilines is 1. The van der Waals surface area contributed by atoms with Crippen LogP contribution in [0.1, 0.15) is 34.6 Å². The molecule has 1 N–H and O–H groups in total. The second-order valence-corrected chi connectivity index (χ2v) is 5.93. The molecule has 126 valence electrons. The number of ketones is 2. The quantitative estimate of drug-likeness (QED) is 0.724. The minimum absolute atomic E-state index is 0.0375. The molecule has 1 aromatic heterocycles. The van der Waals surface area contributed by atoms with Gasteiger partial charge in [-0.05, 0) is 32.0 Å². The van der Waals surface area contributed by atoms with E-state index in [4.69, 9.17) is 0 Å². The van der Waals surface area contributed by atoms with Crippen LogP contribution in [0.25, 0.3) is 10.9 Å². The second kappa shape index (κ2) is 6.73. The first kappa shape index (κ1) is 16.6. The predicted octanol–water partition coefficient (Wildman–Crippen LogP) is 3.69. The zero-order valence-corrected chi connectivity index (χ0v) is 14.1. The highest BCUT2D eigenvalue weighted by atomic mass is 16.2. The summed E-state index contributed by atoms with van der Waals surface area (Å²) in [6.45, 7) is 3.08. The predicted molar refractivity (Wildman–Crippen MR) is 97.0 cm³/mol. The van der Waals surface area contributed by atoms with Crippen LogP contribution in [0.5, 0.6) is 0 Å². The Kier molecular flexibility index (Phi) is 4.48. The van der Waals surface area contributed by atoms with Gasteiger partial charge in [0.1, 0.15) is 6.54 Å². The van der Waals surface area contributed by atoms with Crippen LogP contribution in [-0.2, 0) is 11.3 Å². The summed E-state index contributed by atoms with van der Waals surface area (Å²) in [5.41, 5.74) is 2.55. The third-order valence-corrected chi connectivity index (χ3v) is 4.03. The number of Topliss-reactive ketones (excluding diaryl/α,β-unsaturated/α-hetero) is 2. The Morgan fingerprint density at radius 3 is 2.44 bits per heavy atom. The van der Waals surface area contributed by atoms with E-state index >= 15 is 0 Å². The van der Waals surface area contributed by atoms with Crippen LogP contribution >= 0.6 is 0 Å². The van der Waals surface area contributed by atoms with Gasteiger partial charge in [0.2, 0.25) is 5.91 Å². The molecule has 0 radical (unpaired) electrons. The van der Waals surface area contributed by atoms with Crippen LogP contribution in [0, 0.1) is 0 Å². The highest BCUT2D eigenvalue weighted by molar-refractivity contribution is 6.07. The van der Waals surface area contributed by atoms with Crippen molar-refractivity contribution in [1.82, 2.24) is 4.57 Å². The maximum atomic E-state index is 12.4. The van der Waals surface area contributed by atoms with Crippen molar-refractivity contribution in [3.63, 3.8) is 0 Å². The van der Waals surface area contributed by atoms with Gasteiger partial charge in [-0.3, -0.25) is 14.4 Å². The highest BCUT2D eigenvalue weighted by Crippen LogP contribution is 2.22. The largest absolute Gasteiger partial charge is 0.337 e. The minimum Gasteiger partial charge on any atom is -0.337 e. The monoisotopic (exact) mass is 334 g/mol. The lowest BCUT2D eigenvalue weighted by atomic mass is 10.1. The highest BCUT2D eigenvalue weighted by Gasteiger charge is 2.13. The average molecular weight is 334 g/mol. The Morgan fingerprint density at radius 2 is 1.72 bits per heavy atom. The second-order valence-electron chi connectivity index (χ2n) is 5.93. The molecule has 5 heteroatoms. The fourth-order valence-electron chi connectivity index (χ4n) is 2.83. The molecule has 3 aromatic rings. The van der Waals surface area contributed by atoms with Crippen LogP contribution in [0.2, 0.25) is 0 Å². The van der Waals surface area contributed by atoms with Crippen LogP contribution in [0.3, 0.4) is 0 Å². The standard InChI is InChI=1S/C20H18N2O3/c1-13(23)15-6-5-7-16(10-15)21-20(25)12-22-11-18(14(2)24)17-8-3-4-9-19(17)22/h3-11H,12H2,1-2H3,(H,21,25). The third-order valence-electron chi connectivity index (χ3n) is 4.03. The van der Waals surface area contributed by atoms with E-state index in [9.17, 15) is 14.4 Å². The molecule has 0 saturated heterocycles. The number of para-hydroxylation sites is 1. The van der Waals surface area contributed by atoms with Crippen molar-refractivity contribution in [2.24, 2.45) is 0 Å². The summed E-state index contributed by atoms with van der Waals surface area (Å²) < 4.78 is 1.76. The molecule has 1 heterocycles. The summed E-state index contributed by atoms with van der Waals surface area (Å²) >= 11 is 0. The Labute approximate surface area is 145 Å². The maximum Gasteiger partial charge on any atom is 0.244 e. The minimum atomic E-state index is -0.225. The molecule has 2 aromatic carbocycles. The first-order valence-electron chi connectivity index (χ1n) is 7.95. The van der Waals surface area contributed by atoms with E-state index in [1.807, 2.05) is 24.3 Å². The number of fused-ring (bicyclic) bond motifs is 1. The van der Waals surface area contributed by atoms with E-state index in [0.29, 0.717) is 16.8 Å². The summed E-state index contributed by atoms with van der Waals surface area (Å²) in [7, 11) is 0. The van der Waals surface area contributed by atoms with Crippen LogP contribution in [0.15, 0.2) is 54.7 Å². The zero-order chi connectivity index (χ0) is 18.0. The lowest BCUT2D eigenvalue weighted by molar-refractivity contribution is -0.116. The van der Waals surface area contributed by atoms with Crippen LogP contribution in [0.4, 0.5) is 5.69 Å². The average Bonchev–Trinajstić information content (AvgIpc) is 2.94. The van der Waals surface area contributed by atoms with Gasteiger partial charge < -0.3 is 9.88 Å². The molecule has 5 nitrogen and oxygen atoms in total. The first-order chi connectivity index (χ1) is 12.0. The van der Waals surface area contributed by atoms with Crippen LogP contribution < -0.4 is 5.32 Å². The van der Waals surface area contributed by atoms with E-state index in [-0.39, 0.29) is 24.0 Å². The molecule has 1 amide bonds. The summed E-state index contributed by atoms with van der Waals surface area (Å²) in [5.74, 6) is -0.320. The van der Waals surface area contributed by atoms with Crippen molar-refractivity contribution in [1.29, 1.82) is 0 Å². The Hall–Kier alpha value is -3.21. The maximum absolute atomic E-state index is 12.4. The molecule has 0 fully saturated rings. The van der Waals surface area contributed by atoms with E-state index in [2.05, 4.69) is 5.32 Å². The molecule has 25 heavy (non-hydrogen) atoms. The van der Waals surface area contributed by atoms with Gasteiger partial charge in [-0.15, -0.1) is 0 Å². The topological polar surface area (TPSA) is 68.2 Å². The number of hydrogen-bond donors (Lipinski definition) is 1. The molecule has 0 unspecified atom stereocenters. The van der Waals surface area contributed by atoms with Gasteiger partial charge >= 0.3 is 0 Å². The molecular formula is C20H18N2O3. The number of benzene rings is 2. The zero-order valence-electron chi connectivity index (χ0n) is 14.1. The first-order valence-corrected chi connectivity index (χ1v) is 7.95. The van der Waals surface area contributed by atoms with E-state index in [0.717, 1.165) is 10.9 Å². The van der Waals surface area contributed by atoms with Crippen molar-refractivity contribution in [2.45, 2.75) is 20.4 Å². The Bertz CT molecular complexity index is 986. The number of rotatable bonds is 5. The molecular weight excluding hydrogens is 316 g/mol. The van der Waals surface area contributed by atoms with Gasteiger partial charge in [-0.25, -0.2) is 0 Å². The number of carbonyl (C=O) groups excluding carboxylic acids is 3. The normalized spacial score (nSPS) is 10.6. The van der Waals surface area contributed by atoms with E-state index in [1.165, 1.54) is 13.8 Å². The molecule has 3 rings (SSSR count). The van der Waals surface area contributed by atoms with Gasteiger partial charge in [-0.1, -0.05) is 30.3 Å². The van der Waals surface area contributed by atoms with E-state index in [1.54, 1.807) is 35.0 Å². The number of nitrogens with zero attached hydrogens (tertiary/aromatic N) is 1. The molecule has 0 atom stereocenters. The van der Waals surface area contributed by atoms with Gasteiger partial charge in [-0.2, -0.15) is 0 Å².